The maximum atomic E-state index is 11.2. The Kier molecular flexibility index (Phi) is 2.78. The molecule has 1 heterocycles. The van der Waals surface area contributed by atoms with Crippen LogP contribution in [-0.2, 0) is 0 Å². The Balaban J connectivity index is 2.34. The van der Waals surface area contributed by atoms with Gasteiger partial charge in [0.05, 0.1) is 5.16 Å². The summed E-state index contributed by atoms with van der Waals surface area (Å²) < 4.78 is 4.32. The van der Waals surface area contributed by atoms with Gasteiger partial charge >= 0.3 is 11.6 Å². The van der Waals surface area contributed by atoms with Crippen molar-refractivity contribution in [3.05, 3.63) is 41.2 Å². The van der Waals surface area contributed by atoms with Crippen molar-refractivity contribution in [3.63, 3.8) is 0 Å². The van der Waals surface area contributed by atoms with Crippen molar-refractivity contribution < 1.29 is 14.3 Å². The second-order valence-electron chi connectivity index (χ2n) is 2.86. The van der Waals surface area contributed by atoms with Crippen LogP contribution in [-0.4, -0.2) is 11.1 Å². The van der Waals surface area contributed by atoms with Crippen LogP contribution in [0.5, 0.6) is 0 Å². The number of nitrogens with two attached hydrogens (primary N) is 1. The Morgan fingerprint density at radius 3 is 2.75 bits per heavy atom. The molecule has 0 aliphatic heterocycles. The van der Waals surface area contributed by atoms with E-state index in [4.69, 9.17) is 5.73 Å². The summed E-state index contributed by atoms with van der Waals surface area (Å²) in [4.78, 5) is 11.9. The fourth-order valence-electron chi connectivity index (χ4n) is 1.08. The molecule has 0 aliphatic rings. The Hall–Kier alpha value is -2.02. The number of benzene rings is 1. The van der Waals surface area contributed by atoms with Gasteiger partial charge in [0.15, 0.2) is 0 Å². The summed E-state index contributed by atoms with van der Waals surface area (Å²) in [6, 6.07) is 9.06. The molecule has 0 aliphatic carbocycles. The molecule has 0 saturated carbocycles. The van der Waals surface area contributed by atoms with E-state index >= 15 is 0 Å². The van der Waals surface area contributed by atoms with Gasteiger partial charge < -0.3 is 10.9 Å². The van der Waals surface area contributed by atoms with Gasteiger partial charge in [-0.05, 0) is 28.8 Å². The third kappa shape index (κ3) is 1.98. The third-order valence-electron chi connectivity index (χ3n) is 1.77. The van der Waals surface area contributed by atoms with Gasteiger partial charge in [-0.15, -0.1) is 0 Å². The van der Waals surface area contributed by atoms with E-state index in [0.717, 1.165) is 16.7 Å². The van der Waals surface area contributed by atoms with Gasteiger partial charge in [-0.3, -0.25) is 9.42 Å². The second-order valence-corrected chi connectivity index (χ2v) is 3.93. The topological polar surface area (TPSA) is 96.1 Å². The number of nitrogens with zero attached hydrogens (tertiary/aromatic N) is 2. The summed E-state index contributed by atoms with van der Waals surface area (Å²) in [7, 11) is 0. The molecule has 2 rings (SSSR count). The van der Waals surface area contributed by atoms with Gasteiger partial charge in [0, 0.05) is 4.90 Å². The number of hydrogen-bond donors (Lipinski definition) is 1. The molecule has 2 N–H and O–H groups in total. The average Bonchev–Trinajstić information content (AvgIpc) is 2.62. The Morgan fingerprint density at radius 1 is 1.44 bits per heavy atom. The Morgan fingerprint density at radius 2 is 2.12 bits per heavy atom. The first-order chi connectivity index (χ1) is 7.68. The van der Waals surface area contributed by atoms with Crippen LogP contribution in [0.3, 0.4) is 0 Å². The molecule has 0 saturated heterocycles. The van der Waals surface area contributed by atoms with Gasteiger partial charge in [0.1, 0.15) is 0 Å². The van der Waals surface area contributed by atoms with Crippen LogP contribution in [0.4, 0.5) is 0 Å². The smallest absolute Gasteiger partial charge is 0.319 e. The highest BCUT2D eigenvalue weighted by Gasteiger charge is 2.25. The summed E-state index contributed by atoms with van der Waals surface area (Å²) in [5.41, 5.74) is 4.89. The molecule has 0 bridgehead atoms. The standard InChI is InChI=1S/C9H7N3O3S/c10-8(13)7-9(12(14)15-11-7)16-6-4-2-1-3-5-6/h1-5H,(H2,10,13). The van der Waals surface area contributed by atoms with Crippen LogP contribution in [0.25, 0.3) is 0 Å². The first-order valence-electron chi connectivity index (χ1n) is 4.31. The summed E-state index contributed by atoms with van der Waals surface area (Å²) in [6.45, 7) is 0. The maximum absolute atomic E-state index is 11.2. The molecule has 0 unspecified atom stereocenters. The molecule has 6 nitrogen and oxygen atoms in total. The summed E-state index contributed by atoms with van der Waals surface area (Å²) in [5.74, 6) is -0.795. The summed E-state index contributed by atoms with van der Waals surface area (Å²) in [6.07, 6.45) is 0. The van der Waals surface area contributed by atoms with Crippen LogP contribution in [0, 0.1) is 5.21 Å². The van der Waals surface area contributed by atoms with Crippen LogP contribution >= 0.6 is 11.8 Å². The molecule has 82 valence electrons. The molecule has 0 spiro atoms. The van der Waals surface area contributed by atoms with Crippen LogP contribution in [0.2, 0.25) is 0 Å². The average molecular weight is 237 g/mol. The first-order valence-corrected chi connectivity index (χ1v) is 5.12. The van der Waals surface area contributed by atoms with E-state index in [1.807, 2.05) is 18.2 Å². The molecular weight excluding hydrogens is 230 g/mol. The lowest BCUT2D eigenvalue weighted by Crippen LogP contribution is -2.26. The van der Waals surface area contributed by atoms with E-state index in [9.17, 15) is 10.0 Å². The molecule has 0 radical (unpaired) electrons. The van der Waals surface area contributed by atoms with Gasteiger partial charge in [0.2, 0.25) is 0 Å². The van der Waals surface area contributed by atoms with Crippen molar-refractivity contribution >= 4 is 17.7 Å². The monoisotopic (exact) mass is 237 g/mol. The number of rotatable bonds is 3. The number of carbonyl (C=O) groups is 1. The summed E-state index contributed by atoms with van der Waals surface area (Å²) >= 11 is 1.07. The minimum absolute atomic E-state index is 0.0405. The van der Waals surface area contributed by atoms with Crippen molar-refractivity contribution in [3.8, 4) is 0 Å². The third-order valence-corrected chi connectivity index (χ3v) is 2.81. The number of carbonyl (C=O) groups excluding carboxylic acids is 1. The largest absolute Gasteiger partial charge is 0.362 e. The highest BCUT2D eigenvalue weighted by atomic mass is 32.2. The molecule has 2 aromatic rings. The fourth-order valence-corrected chi connectivity index (χ4v) is 1.94. The van der Waals surface area contributed by atoms with Crippen LogP contribution in [0.15, 0.2) is 44.9 Å². The zero-order chi connectivity index (χ0) is 11.5. The van der Waals surface area contributed by atoms with Crippen molar-refractivity contribution in [2.24, 2.45) is 5.73 Å². The Labute approximate surface area is 94.6 Å². The molecule has 1 aromatic heterocycles. The van der Waals surface area contributed by atoms with E-state index in [1.54, 1.807) is 12.1 Å². The molecule has 1 aromatic carbocycles. The number of primary amides is 1. The lowest BCUT2D eigenvalue weighted by molar-refractivity contribution is -0.831. The van der Waals surface area contributed by atoms with Gasteiger partial charge in [-0.25, -0.2) is 0 Å². The molecule has 0 fully saturated rings. The number of amides is 1. The second kappa shape index (κ2) is 4.23. The first kappa shape index (κ1) is 10.5. The van der Waals surface area contributed by atoms with E-state index in [0.29, 0.717) is 0 Å². The lowest BCUT2D eigenvalue weighted by atomic mass is 10.4. The summed E-state index contributed by atoms with van der Waals surface area (Å²) in [5, 5.41) is 14.5. The van der Waals surface area contributed by atoms with Crippen LogP contribution < -0.4 is 10.6 Å². The van der Waals surface area contributed by atoms with Crippen molar-refractivity contribution in [2.45, 2.75) is 9.92 Å². The van der Waals surface area contributed by atoms with Gasteiger partial charge in [0.25, 0.3) is 5.03 Å². The fraction of sp³-hybridized carbons (Fsp3) is 0. The quantitative estimate of drug-likeness (QED) is 0.787. The SMILES string of the molecule is NC(=O)c1no[n+]([O-])c1Sc1ccccc1. The normalized spacial score (nSPS) is 10.2. The van der Waals surface area contributed by atoms with E-state index in [1.165, 1.54) is 0 Å². The van der Waals surface area contributed by atoms with Crippen molar-refractivity contribution in [2.75, 3.05) is 0 Å². The number of hydrogen-bond acceptors (Lipinski definition) is 5. The van der Waals surface area contributed by atoms with Crippen LogP contribution in [0.1, 0.15) is 10.5 Å². The van der Waals surface area contributed by atoms with E-state index < -0.39 is 5.91 Å². The Bertz CT molecular complexity index is 512. The minimum atomic E-state index is -0.795. The van der Waals surface area contributed by atoms with Crippen molar-refractivity contribution in [1.82, 2.24) is 5.16 Å². The van der Waals surface area contributed by atoms with E-state index in [-0.39, 0.29) is 15.6 Å². The van der Waals surface area contributed by atoms with E-state index in [2.05, 4.69) is 9.79 Å². The molecular formula is C9H7N3O3S. The zero-order valence-electron chi connectivity index (χ0n) is 7.99. The van der Waals surface area contributed by atoms with Gasteiger partial charge in [-0.2, -0.15) is 0 Å². The molecule has 0 atom stereocenters. The molecule has 16 heavy (non-hydrogen) atoms. The highest BCUT2D eigenvalue weighted by molar-refractivity contribution is 7.99. The number of aromatic nitrogens is 2. The van der Waals surface area contributed by atoms with Crippen molar-refractivity contribution in [1.29, 1.82) is 0 Å². The molecule has 7 heteroatoms. The highest BCUT2D eigenvalue weighted by Crippen LogP contribution is 2.26. The predicted molar refractivity (Wildman–Crippen MR) is 54.5 cm³/mol. The molecule has 1 amide bonds. The lowest BCUT2D eigenvalue weighted by Gasteiger charge is -1.96. The van der Waals surface area contributed by atoms with Gasteiger partial charge in [-0.1, -0.05) is 18.2 Å². The maximum Gasteiger partial charge on any atom is 0.319 e. The minimum Gasteiger partial charge on any atom is -0.362 e. The zero-order valence-corrected chi connectivity index (χ0v) is 8.81. The predicted octanol–water partition coefficient (Wildman–Crippen LogP) is 0.558.